The second-order valence-electron chi connectivity index (χ2n) is 13.3. The van der Waals surface area contributed by atoms with Gasteiger partial charge in [-0.1, -0.05) is 66.4 Å². The molecule has 4 rings (SSSR count). The molecule has 0 aliphatic heterocycles. The summed E-state index contributed by atoms with van der Waals surface area (Å²) in [6, 6.07) is 4.48. The van der Waals surface area contributed by atoms with Crippen LogP contribution in [0.1, 0.15) is 111 Å². The topological polar surface area (TPSA) is 44.8 Å². The largest absolute Gasteiger partial charge is 0.496 e. The Morgan fingerprint density at radius 2 is 1.61 bits per heavy atom. The fraction of sp³-hybridized carbons (Fsp3) is 0.719. The minimum atomic E-state index is -0.502. The lowest BCUT2D eigenvalue weighted by Gasteiger charge is -2.59. The summed E-state index contributed by atoms with van der Waals surface area (Å²) in [7, 11) is 3.53. The summed E-state index contributed by atoms with van der Waals surface area (Å²) in [5.74, 6) is 2.77. The van der Waals surface area contributed by atoms with Crippen molar-refractivity contribution in [2.24, 2.45) is 22.7 Å². The number of hydrogen-bond donors (Lipinski definition) is 0. The Morgan fingerprint density at radius 3 is 2.11 bits per heavy atom. The Labute approximate surface area is 220 Å². The molecule has 4 nitrogen and oxygen atoms in total. The first-order valence-corrected chi connectivity index (χ1v) is 13.9. The number of hydrogen-bond acceptors (Lipinski definition) is 4. The number of carbonyl (C=O) groups is 1. The number of esters is 1. The zero-order valence-electron chi connectivity index (χ0n) is 24.5. The van der Waals surface area contributed by atoms with Crippen LogP contribution in [-0.4, -0.2) is 26.8 Å². The average molecular weight is 499 g/mol. The number of unbranched alkanes of at least 4 members (excludes halogenated alkanes) is 3. The zero-order valence-corrected chi connectivity index (χ0v) is 24.5. The highest BCUT2D eigenvalue weighted by molar-refractivity contribution is 5.75. The van der Waals surface area contributed by atoms with Crippen LogP contribution in [0, 0.1) is 22.7 Å². The molecule has 3 atom stereocenters. The van der Waals surface area contributed by atoms with Gasteiger partial charge in [0.25, 0.3) is 0 Å². The Kier molecular flexibility index (Phi) is 8.57. The monoisotopic (exact) mass is 498 g/mol. The van der Waals surface area contributed by atoms with Crippen molar-refractivity contribution in [3.63, 3.8) is 0 Å². The highest BCUT2D eigenvalue weighted by Gasteiger charge is 2.56. The van der Waals surface area contributed by atoms with E-state index in [9.17, 15) is 4.79 Å². The molecule has 1 aromatic carbocycles. The first kappa shape index (κ1) is 28.6. The van der Waals surface area contributed by atoms with Crippen LogP contribution in [-0.2, 0) is 14.9 Å². The maximum atomic E-state index is 12.5. The van der Waals surface area contributed by atoms with Gasteiger partial charge in [0, 0.05) is 11.5 Å². The number of rotatable bonds is 11. The van der Waals surface area contributed by atoms with Crippen molar-refractivity contribution in [1.29, 1.82) is 0 Å². The molecule has 0 N–H and O–H groups in total. The number of carbonyl (C=O) groups excluding carboxylic acids is 1. The van der Waals surface area contributed by atoms with Crippen LogP contribution in [0.5, 0.6) is 11.5 Å². The highest BCUT2D eigenvalue weighted by Crippen LogP contribution is 2.65. The van der Waals surface area contributed by atoms with E-state index >= 15 is 0 Å². The lowest BCUT2D eigenvalue weighted by molar-refractivity contribution is -0.152. The molecule has 1 saturated carbocycles. The molecule has 1 fully saturated rings. The maximum Gasteiger partial charge on any atom is 0.311 e. The molecule has 0 spiro atoms. The Hall–Kier alpha value is -1.97. The molecule has 2 bridgehead atoms. The van der Waals surface area contributed by atoms with Gasteiger partial charge in [-0.15, -0.1) is 0 Å². The molecule has 0 aromatic heterocycles. The third kappa shape index (κ3) is 5.63. The molecular formula is C32H50O4. The van der Waals surface area contributed by atoms with E-state index in [4.69, 9.17) is 14.2 Å². The molecule has 3 aliphatic rings. The molecule has 0 amide bonds. The van der Waals surface area contributed by atoms with Gasteiger partial charge in [-0.05, 0) is 79.5 Å². The summed E-state index contributed by atoms with van der Waals surface area (Å²) >= 11 is 0. The molecule has 1 aromatic rings. The van der Waals surface area contributed by atoms with Crippen molar-refractivity contribution in [3.8, 4) is 11.5 Å². The van der Waals surface area contributed by atoms with E-state index in [1.54, 1.807) is 14.2 Å². The zero-order chi connectivity index (χ0) is 26.9. The fourth-order valence-electron chi connectivity index (χ4n) is 6.26. The summed E-state index contributed by atoms with van der Waals surface area (Å²) < 4.78 is 17.9. The molecular weight excluding hydrogens is 448 g/mol. The van der Waals surface area contributed by atoms with Crippen molar-refractivity contribution < 1.29 is 19.0 Å². The molecule has 0 radical (unpaired) electrons. The summed E-state index contributed by atoms with van der Waals surface area (Å²) in [5, 5.41) is 0. The van der Waals surface area contributed by atoms with Gasteiger partial charge in [-0.2, -0.15) is 0 Å². The van der Waals surface area contributed by atoms with Crippen molar-refractivity contribution in [1.82, 2.24) is 0 Å². The van der Waals surface area contributed by atoms with Crippen LogP contribution in [0.15, 0.2) is 23.8 Å². The second kappa shape index (κ2) is 10.8. The highest BCUT2D eigenvalue weighted by atomic mass is 16.5. The van der Waals surface area contributed by atoms with Gasteiger partial charge < -0.3 is 14.2 Å². The van der Waals surface area contributed by atoms with E-state index in [0.29, 0.717) is 18.4 Å². The third-order valence-electron chi connectivity index (χ3n) is 8.91. The number of ether oxygens (including phenoxy) is 3. The van der Waals surface area contributed by atoms with Gasteiger partial charge in [0.2, 0.25) is 0 Å². The molecule has 36 heavy (non-hydrogen) atoms. The summed E-state index contributed by atoms with van der Waals surface area (Å²) in [4.78, 5) is 12.5. The Morgan fingerprint density at radius 1 is 1.00 bits per heavy atom. The summed E-state index contributed by atoms with van der Waals surface area (Å²) in [6.07, 6.45) is 9.64. The average Bonchev–Trinajstić information content (AvgIpc) is 2.82. The minimum absolute atomic E-state index is 0.0440. The van der Waals surface area contributed by atoms with Crippen LogP contribution >= 0.6 is 0 Å². The first-order valence-electron chi connectivity index (χ1n) is 13.9. The van der Waals surface area contributed by atoms with Crippen molar-refractivity contribution in [2.45, 2.75) is 105 Å². The fourth-order valence-corrected chi connectivity index (χ4v) is 6.26. The number of fused-ring (bicyclic) bond motifs is 1. The van der Waals surface area contributed by atoms with Crippen LogP contribution in [0.2, 0.25) is 0 Å². The van der Waals surface area contributed by atoms with Crippen molar-refractivity contribution in [2.75, 3.05) is 20.8 Å². The molecule has 4 heteroatoms. The van der Waals surface area contributed by atoms with Gasteiger partial charge in [-0.25, -0.2) is 0 Å². The maximum absolute atomic E-state index is 12.5. The predicted molar refractivity (Wildman–Crippen MR) is 148 cm³/mol. The molecule has 0 unspecified atom stereocenters. The quantitative estimate of drug-likeness (QED) is 0.175. The van der Waals surface area contributed by atoms with E-state index in [2.05, 4.69) is 52.8 Å². The Balaban J connectivity index is 1.96. The van der Waals surface area contributed by atoms with E-state index in [-0.39, 0.29) is 22.7 Å². The van der Waals surface area contributed by atoms with Crippen LogP contribution < -0.4 is 9.47 Å². The lowest BCUT2D eigenvalue weighted by Crippen LogP contribution is -2.52. The second-order valence-corrected chi connectivity index (χ2v) is 13.3. The summed E-state index contributed by atoms with van der Waals surface area (Å²) in [5.41, 5.74) is 3.30. The molecule has 0 heterocycles. The van der Waals surface area contributed by atoms with Gasteiger partial charge >= 0.3 is 5.97 Å². The Bertz CT molecular complexity index is 938. The number of benzene rings is 1. The van der Waals surface area contributed by atoms with Crippen LogP contribution in [0.4, 0.5) is 0 Å². The van der Waals surface area contributed by atoms with Gasteiger partial charge in [0.05, 0.1) is 19.6 Å². The summed E-state index contributed by atoms with van der Waals surface area (Å²) in [6.45, 7) is 17.7. The van der Waals surface area contributed by atoms with Crippen LogP contribution in [0.25, 0.3) is 0 Å². The normalized spacial score (nSPS) is 22.9. The van der Waals surface area contributed by atoms with E-state index in [1.807, 2.05) is 20.8 Å². The van der Waals surface area contributed by atoms with Crippen LogP contribution in [0.3, 0.4) is 0 Å². The SMILES string of the molecule is CCCCCCC(C)(C)c1cc(OC)c([C@H]2C=C(COC(=O)C(C)(C)C)[C@H]3C[C@@H]2C3(C)C)c(OC)c1. The standard InChI is InChI=1S/C32H50O4/c1-11-12-13-14-15-31(5,6)22-17-26(34-9)28(27(18-22)35-10)23-16-21(20-36-29(33)30(2,3)4)24-19-25(23)32(24,7)8/h16-18,23-25H,11-15,19-20H2,1-10H3/t23-,24+,25-/m0/s1. The third-order valence-corrected chi connectivity index (χ3v) is 8.91. The van der Waals surface area contributed by atoms with Gasteiger partial charge in [-0.3, -0.25) is 4.79 Å². The minimum Gasteiger partial charge on any atom is -0.496 e. The smallest absolute Gasteiger partial charge is 0.311 e. The van der Waals surface area contributed by atoms with E-state index < -0.39 is 5.41 Å². The number of allylic oxidation sites excluding steroid dienone is 1. The van der Waals surface area contributed by atoms with Gasteiger partial charge in [0.15, 0.2) is 0 Å². The molecule has 202 valence electrons. The predicted octanol–water partition coefficient (Wildman–Crippen LogP) is 8.23. The van der Waals surface area contributed by atoms with Gasteiger partial charge in [0.1, 0.15) is 18.1 Å². The lowest BCUT2D eigenvalue weighted by atomic mass is 9.45. The first-order chi connectivity index (χ1) is 16.8. The van der Waals surface area contributed by atoms with Crippen molar-refractivity contribution in [3.05, 3.63) is 34.9 Å². The molecule has 3 aliphatic carbocycles. The van der Waals surface area contributed by atoms with E-state index in [0.717, 1.165) is 29.9 Å². The van der Waals surface area contributed by atoms with E-state index in [1.165, 1.54) is 36.8 Å². The number of methoxy groups -OCH3 is 2. The van der Waals surface area contributed by atoms with Crippen molar-refractivity contribution >= 4 is 5.97 Å². The molecule has 0 saturated heterocycles.